The molecule has 1 aromatic carbocycles. The molecule has 0 spiro atoms. The minimum atomic E-state index is 0.0868. The molecule has 7 nitrogen and oxygen atoms in total. The lowest BCUT2D eigenvalue weighted by Crippen LogP contribution is -2.42. The molecule has 2 fully saturated rings. The van der Waals surface area contributed by atoms with Crippen molar-refractivity contribution in [3.63, 3.8) is 0 Å². The summed E-state index contributed by atoms with van der Waals surface area (Å²) in [5.41, 5.74) is 0.704. The van der Waals surface area contributed by atoms with Gasteiger partial charge in [-0.05, 0) is 44.8 Å². The highest BCUT2D eigenvalue weighted by Gasteiger charge is 2.28. The van der Waals surface area contributed by atoms with Gasteiger partial charge in [0.2, 0.25) is 5.91 Å². The zero-order valence-electron chi connectivity index (χ0n) is 17.8. The predicted octanol–water partition coefficient (Wildman–Crippen LogP) is 1.87. The van der Waals surface area contributed by atoms with E-state index in [1.165, 1.54) is 0 Å². The van der Waals surface area contributed by atoms with Crippen molar-refractivity contribution >= 4 is 11.8 Å². The summed E-state index contributed by atoms with van der Waals surface area (Å²) in [6.45, 7) is 3.48. The van der Waals surface area contributed by atoms with Crippen molar-refractivity contribution in [1.82, 2.24) is 14.7 Å². The lowest BCUT2D eigenvalue weighted by atomic mass is 10.1. The largest absolute Gasteiger partial charge is 0.490 e. The van der Waals surface area contributed by atoms with Crippen LogP contribution in [-0.4, -0.2) is 92.7 Å². The highest BCUT2D eigenvalue weighted by molar-refractivity contribution is 5.94. The Bertz CT molecular complexity index is 684. The quantitative estimate of drug-likeness (QED) is 0.696. The van der Waals surface area contributed by atoms with Crippen molar-refractivity contribution < 1.29 is 19.1 Å². The molecular weight excluding hydrogens is 370 g/mol. The first kappa shape index (κ1) is 21.6. The van der Waals surface area contributed by atoms with Gasteiger partial charge < -0.3 is 24.2 Å². The van der Waals surface area contributed by atoms with Crippen molar-refractivity contribution in [2.75, 3.05) is 54.0 Å². The van der Waals surface area contributed by atoms with E-state index >= 15 is 0 Å². The topological polar surface area (TPSA) is 62.3 Å². The molecule has 2 amide bonds. The van der Waals surface area contributed by atoms with E-state index < -0.39 is 0 Å². The van der Waals surface area contributed by atoms with Crippen LogP contribution in [0.3, 0.4) is 0 Å². The first-order chi connectivity index (χ1) is 14.0. The van der Waals surface area contributed by atoms with E-state index in [4.69, 9.17) is 9.47 Å². The molecule has 0 saturated carbocycles. The molecule has 0 aliphatic carbocycles. The van der Waals surface area contributed by atoms with E-state index in [1.807, 2.05) is 34.1 Å². The fraction of sp³-hybridized carbons (Fsp3) is 0.636. The van der Waals surface area contributed by atoms with Crippen LogP contribution in [0.4, 0.5) is 0 Å². The zero-order valence-corrected chi connectivity index (χ0v) is 17.8. The van der Waals surface area contributed by atoms with E-state index in [0.717, 1.165) is 38.1 Å². The van der Waals surface area contributed by atoms with Gasteiger partial charge in [-0.2, -0.15) is 0 Å². The molecule has 1 aromatic rings. The Morgan fingerprint density at radius 3 is 2.28 bits per heavy atom. The van der Waals surface area contributed by atoms with Crippen LogP contribution in [0.1, 0.15) is 36.0 Å². The third kappa shape index (κ3) is 5.70. The summed E-state index contributed by atoms with van der Waals surface area (Å²) in [5, 5.41) is 0. The Balaban J connectivity index is 1.46. The van der Waals surface area contributed by atoms with Gasteiger partial charge in [0.15, 0.2) is 0 Å². The van der Waals surface area contributed by atoms with E-state index in [9.17, 15) is 9.59 Å². The smallest absolute Gasteiger partial charge is 0.253 e. The molecule has 7 heteroatoms. The highest BCUT2D eigenvalue weighted by Crippen LogP contribution is 2.22. The summed E-state index contributed by atoms with van der Waals surface area (Å²) in [6, 6.07) is 7.90. The van der Waals surface area contributed by atoms with Gasteiger partial charge in [-0.1, -0.05) is 0 Å². The zero-order chi connectivity index (χ0) is 20.8. The number of rotatable bonds is 7. The molecule has 29 heavy (non-hydrogen) atoms. The Hall–Kier alpha value is -2.12. The molecule has 0 N–H and O–H groups in total. The number of amides is 2. The summed E-state index contributed by atoms with van der Waals surface area (Å²) >= 11 is 0. The summed E-state index contributed by atoms with van der Waals surface area (Å²) in [4.78, 5) is 30.8. The maximum atomic E-state index is 12.7. The molecule has 2 heterocycles. The third-order valence-corrected chi connectivity index (χ3v) is 5.90. The Morgan fingerprint density at radius 2 is 1.69 bits per heavy atom. The van der Waals surface area contributed by atoms with Crippen LogP contribution in [0.2, 0.25) is 0 Å². The molecule has 2 aliphatic heterocycles. The van der Waals surface area contributed by atoms with Gasteiger partial charge in [0.1, 0.15) is 11.9 Å². The van der Waals surface area contributed by atoms with E-state index in [0.29, 0.717) is 37.7 Å². The summed E-state index contributed by atoms with van der Waals surface area (Å²) in [5.74, 6) is 1.01. The average molecular weight is 404 g/mol. The van der Waals surface area contributed by atoms with Gasteiger partial charge in [-0.3, -0.25) is 9.59 Å². The third-order valence-electron chi connectivity index (χ3n) is 5.90. The van der Waals surface area contributed by atoms with Gasteiger partial charge in [-0.15, -0.1) is 0 Å². The minimum absolute atomic E-state index is 0.0868. The fourth-order valence-electron chi connectivity index (χ4n) is 3.97. The fourth-order valence-corrected chi connectivity index (χ4v) is 3.97. The van der Waals surface area contributed by atoms with Gasteiger partial charge in [0, 0.05) is 57.7 Å². The van der Waals surface area contributed by atoms with Crippen LogP contribution in [-0.2, 0) is 9.53 Å². The van der Waals surface area contributed by atoms with Crippen molar-refractivity contribution in [2.24, 2.45) is 0 Å². The summed E-state index contributed by atoms with van der Waals surface area (Å²) in [7, 11) is 5.73. The number of likely N-dealkylation sites (N-methyl/N-ethyl adjacent to an activating group) is 1. The number of benzene rings is 1. The van der Waals surface area contributed by atoms with Crippen molar-refractivity contribution in [1.29, 1.82) is 0 Å². The van der Waals surface area contributed by atoms with Crippen LogP contribution in [0.25, 0.3) is 0 Å². The molecule has 0 aromatic heterocycles. The van der Waals surface area contributed by atoms with E-state index in [2.05, 4.69) is 19.0 Å². The number of ether oxygens (including phenoxy) is 2. The average Bonchev–Trinajstić information content (AvgIpc) is 3.23. The Morgan fingerprint density at radius 1 is 1.03 bits per heavy atom. The minimum Gasteiger partial charge on any atom is -0.490 e. The molecule has 2 aliphatic rings. The Labute approximate surface area is 173 Å². The normalized spacial score (nSPS) is 20.3. The lowest BCUT2D eigenvalue weighted by Gasteiger charge is -2.32. The molecular formula is C22H33N3O4. The number of piperidine rings is 1. The molecule has 2 saturated heterocycles. The maximum absolute atomic E-state index is 12.7. The van der Waals surface area contributed by atoms with Gasteiger partial charge in [0.25, 0.3) is 5.91 Å². The van der Waals surface area contributed by atoms with Crippen LogP contribution < -0.4 is 4.74 Å². The van der Waals surface area contributed by atoms with E-state index in [1.54, 1.807) is 7.11 Å². The first-order valence-corrected chi connectivity index (χ1v) is 10.5. The predicted molar refractivity (Wildman–Crippen MR) is 111 cm³/mol. The molecule has 1 atom stereocenters. The molecule has 0 radical (unpaired) electrons. The second kappa shape index (κ2) is 10.1. The van der Waals surface area contributed by atoms with Crippen LogP contribution in [0, 0.1) is 0 Å². The number of carbonyl (C=O) groups is 2. The van der Waals surface area contributed by atoms with Gasteiger partial charge in [0.05, 0.1) is 13.0 Å². The summed E-state index contributed by atoms with van der Waals surface area (Å²) in [6.07, 6.45) is 3.19. The second-order valence-corrected chi connectivity index (χ2v) is 8.12. The van der Waals surface area contributed by atoms with Crippen LogP contribution >= 0.6 is 0 Å². The number of hydrogen-bond donors (Lipinski definition) is 0. The van der Waals surface area contributed by atoms with Crippen molar-refractivity contribution in [3.8, 4) is 5.75 Å². The van der Waals surface area contributed by atoms with Crippen molar-refractivity contribution in [3.05, 3.63) is 29.8 Å². The van der Waals surface area contributed by atoms with Crippen LogP contribution in [0.5, 0.6) is 5.75 Å². The number of nitrogens with zero attached hydrogens (tertiary/aromatic N) is 3. The first-order valence-electron chi connectivity index (χ1n) is 10.5. The molecule has 160 valence electrons. The number of methoxy groups -OCH3 is 1. The maximum Gasteiger partial charge on any atom is 0.253 e. The Kier molecular flexibility index (Phi) is 7.50. The van der Waals surface area contributed by atoms with Gasteiger partial charge >= 0.3 is 0 Å². The molecule has 3 rings (SSSR count). The SMILES string of the molecule is COCCC(=O)N1CCC(Oc2ccc(C(=O)N3CC[C@@H](N(C)C)C3)cc2)CC1. The highest BCUT2D eigenvalue weighted by atomic mass is 16.5. The number of hydrogen-bond acceptors (Lipinski definition) is 5. The van der Waals surface area contributed by atoms with E-state index in [-0.39, 0.29) is 17.9 Å². The number of likely N-dealkylation sites (tertiary alicyclic amines) is 2. The van der Waals surface area contributed by atoms with Crippen LogP contribution in [0.15, 0.2) is 24.3 Å². The second-order valence-electron chi connectivity index (χ2n) is 8.12. The van der Waals surface area contributed by atoms with Gasteiger partial charge in [-0.25, -0.2) is 0 Å². The monoisotopic (exact) mass is 403 g/mol. The molecule has 0 bridgehead atoms. The lowest BCUT2D eigenvalue weighted by molar-refractivity contribution is -0.133. The summed E-state index contributed by atoms with van der Waals surface area (Å²) < 4.78 is 11.1. The molecule has 0 unspecified atom stereocenters. The van der Waals surface area contributed by atoms with Crippen molar-refractivity contribution in [2.45, 2.75) is 37.8 Å². The number of carbonyl (C=O) groups excluding carboxylic acids is 2. The standard InChI is InChI=1S/C22H33N3O4/c1-23(2)18-8-12-25(16-18)22(27)17-4-6-19(7-5-17)29-20-9-13-24(14-10-20)21(26)11-15-28-3/h4-7,18,20H,8-16H2,1-3H3/t18-/m1/s1.